The summed E-state index contributed by atoms with van der Waals surface area (Å²) in [6.07, 6.45) is 3.81. The highest BCUT2D eigenvalue weighted by atomic mass is 14.9. The summed E-state index contributed by atoms with van der Waals surface area (Å²) >= 11 is 0. The van der Waals surface area contributed by atoms with Gasteiger partial charge in [-0.1, -0.05) is 0 Å². The SMILES string of the molecule is Cc1nccn2c(C)ccc12. The molecule has 0 bridgehead atoms. The van der Waals surface area contributed by atoms with Gasteiger partial charge in [0.1, 0.15) is 0 Å². The molecule has 2 heterocycles. The Kier molecular flexibility index (Phi) is 1.22. The maximum atomic E-state index is 4.20. The van der Waals surface area contributed by atoms with Gasteiger partial charge in [-0.3, -0.25) is 4.98 Å². The molecule has 0 saturated heterocycles. The number of hydrogen-bond acceptors (Lipinski definition) is 1. The number of hydrogen-bond donors (Lipinski definition) is 0. The van der Waals surface area contributed by atoms with Crippen LogP contribution in [-0.4, -0.2) is 9.38 Å². The molecule has 0 atom stereocenters. The van der Waals surface area contributed by atoms with Crippen molar-refractivity contribution in [2.75, 3.05) is 0 Å². The lowest BCUT2D eigenvalue weighted by atomic mass is 10.4. The fourth-order valence-electron chi connectivity index (χ4n) is 1.32. The number of rotatable bonds is 0. The fraction of sp³-hybridized carbons (Fsp3) is 0.222. The van der Waals surface area contributed by atoms with Crippen LogP contribution < -0.4 is 0 Å². The Morgan fingerprint density at radius 2 is 2.09 bits per heavy atom. The van der Waals surface area contributed by atoms with Gasteiger partial charge < -0.3 is 4.40 Å². The van der Waals surface area contributed by atoms with E-state index in [2.05, 4.69) is 28.4 Å². The molecular weight excluding hydrogens is 136 g/mol. The monoisotopic (exact) mass is 146 g/mol. The van der Waals surface area contributed by atoms with Crippen molar-refractivity contribution in [1.29, 1.82) is 0 Å². The van der Waals surface area contributed by atoms with Crippen LogP contribution in [-0.2, 0) is 0 Å². The van der Waals surface area contributed by atoms with E-state index in [9.17, 15) is 0 Å². The molecule has 0 radical (unpaired) electrons. The highest BCUT2D eigenvalue weighted by Gasteiger charge is 1.98. The molecule has 56 valence electrons. The van der Waals surface area contributed by atoms with Gasteiger partial charge in [0.05, 0.1) is 11.2 Å². The van der Waals surface area contributed by atoms with Gasteiger partial charge in [-0.15, -0.1) is 0 Å². The smallest absolute Gasteiger partial charge is 0.0666 e. The van der Waals surface area contributed by atoms with E-state index in [1.54, 1.807) is 0 Å². The largest absolute Gasteiger partial charge is 0.318 e. The third-order valence-electron chi connectivity index (χ3n) is 1.98. The highest BCUT2D eigenvalue weighted by molar-refractivity contribution is 5.52. The van der Waals surface area contributed by atoms with E-state index in [1.807, 2.05) is 19.3 Å². The molecule has 0 unspecified atom stereocenters. The summed E-state index contributed by atoms with van der Waals surface area (Å²) in [6.45, 7) is 4.11. The molecule has 0 aromatic carbocycles. The van der Waals surface area contributed by atoms with Crippen LogP contribution in [0.4, 0.5) is 0 Å². The summed E-state index contributed by atoms with van der Waals surface area (Å²) in [7, 11) is 0. The van der Waals surface area contributed by atoms with Crippen LogP contribution in [0, 0.1) is 13.8 Å². The second-order valence-electron chi connectivity index (χ2n) is 2.74. The second kappa shape index (κ2) is 2.09. The molecule has 2 heteroatoms. The van der Waals surface area contributed by atoms with Gasteiger partial charge in [0, 0.05) is 18.1 Å². The van der Waals surface area contributed by atoms with Crippen LogP contribution in [0.2, 0.25) is 0 Å². The Morgan fingerprint density at radius 1 is 1.27 bits per heavy atom. The summed E-state index contributed by atoms with van der Waals surface area (Å²) in [4.78, 5) is 4.20. The van der Waals surface area contributed by atoms with E-state index in [-0.39, 0.29) is 0 Å². The second-order valence-corrected chi connectivity index (χ2v) is 2.74. The number of aryl methyl sites for hydroxylation is 2. The Morgan fingerprint density at radius 3 is 2.82 bits per heavy atom. The fourth-order valence-corrected chi connectivity index (χ4v) is 1.32. The maximum absolute atomic E-state index is 4.20. The van der Waals surface area contributed by atoms with Gasteiger partial charge in [-0.05, 0) is 26.0 Å². The Bertz CT molecular complexity index is 387. The van der Waals surface area contributed by atoms with Crippen molar-refractivity contribution in [3.8, 4) is 0 Å². The first kappa shape index (κ1) is 6.40. The van der Waals surface area contributed by atoms with Gasteiger partial charge in [0.15, 0.2) is 0 Å². The third kappa shape index (κ3) is 0.827. The molecular formula is C9H10N2. The van der Waals surface area contributed by atoms with E-state index < -0.39 is 0 Å². The summed E-state index contributed by atoms with van der Waals surface area (Å²) in [5.41, 5.74) is 3.54. The molecule has 0 saturated carbocycles. The van der Waals surface area contributed by atoms with Crippen molar-refractivity contribution in [3.05, 3.63) is 35.9 Å². The summed E-state index contributed by atoms with van der Waals surface area (Å²) < 4.78 is 2.14. The predicted molar refractivity (Wildman–Crippen MR) is 44.7 cm³/mol. The highest BCUT2D eigenvalue weighted by Crippen LogP contribution is 2.10. The molecule has 11 heavy (non-hydrogen) atoms. The van der Waals surface area contributed by atoms with Crippen LogP contribution in [0.25, 0.3) is 5.52 Å². The van der Waals surface area contributed by atoms with Gasteiger partial charge in [0.25, 0.3) is 0 Å². The van der Waals surface area contributed by atoms with Crippen LogP contribution >= 0.6 is 0 Å². The van der Waals surface area contributed by atoms with Crippen LogP contribution in [0.3, 0.4) is 0 Å². The molecule has 0 fully saturated rings. The van der Waals surface area contributed by atoms with Crippen molar-refractivity contribution < 1.29 is 0 Å². The van der Waals surface area contributed by atoms with Gasteiger partial charge in [-0.25, -0.2) is 0 Å². The normalized spacial score (nSPS) is 10.7. The predicted octanol–water partition coefficient (Wildman–Crippen LogP) is 1.95. The zero-order valence-electron chi connectivity index (χ0n) is 6.70. The molecule has 0 spiro atoms. The molecule has 0 aliphatic heterocycles. The third-order valence-corrected chi connectivity index (χ3v) is 1.98. The van der Waals surface area contributed by atoms with Gasteiger partial charge in [-0.2, -0.15) is 0 Å². The van der Waals surface area contributed by atoms with E-state index in [0.717, 1.165) is 5.69 Å². The summed E-state index contributed by atoms with van der Waals surface area (Å²) in [5.74, 6) is 0. The molecule has 0 aliphatic carbocycles. The topological polar surface area (TPSA) is 17.3 Å². The van der Waals surface area contributed by atoms with E-state index >= 15 is 0 Å². The minimum Gasteiger partial charge on any atom is -0.318 e. The summed E-state index contributed by atoms with van der Waals surface area (Å²) in [5, 5.41) is 0. The zero-order valence-corrected chi connectivity index (χ0v) is 6.70. The Balaban J connectivity index is 2.94. The number of nitrogens with zero attached hydrogens (tertiary/aromatic N) is 2. The lowest BCUT2D eigenvalue weighted by Gasteiger charge is -1.98. The zero-order chi connectivity index (χ0) is 7.84. The van der Waals surface area contributed by atoms with E-state index in [1.165, 1.54) is 11.2 Å². The molecule has 0 N–H and O–H groups in total. The maximum Gasteiger partial charge on any atom is 0.0666 e. The van der Waals surface area contributed by atoms with Crippen molar-refractivity contribution in [3.63, 3.8) is 0 Å². The lowest BCUT2D eigenvalue weighted by molar-refractivity contribution is 1.05. The quantitative estimate of drug-likeness (QED) is 0.555. The minimum absolute atomic E-state index is 1.08. The average molecular weight is 146 g/mol. The minimum atomic E-state index is 1.08. The van der Waals surface area contributed by atoms with Crippen molar-refractivity contribution >= 4 is 5.52 Å². The number of fused-ring (bicyclic) bond motifs is 1. The Hall–Kier alpha value is -1.31. The molecule has 2 aromatic rings. The van der Waals surface area contributed by atoms with Crippen LogP contribution in [0.1, 0.15) is 11.4 Å². The average Bonchev–Trinajstić information content (AvgIpc) is 2.35. The van der Waals surface area contributed by atoms with E-state index in [0.29, 0.717) is 0 Å². The Labute approximate surface area is 65.5 Å². The lowest BCUT2D eigenvalue weighted by Crippen LogP contribution is -1.90. The van der Waals surface area contributed by atoms with Crippen LogP contribution in [0.15, 0.2) is 24.5 Å². The molecule has 2 rings (SSSR count). The standard InChI is InChI=1S/C9H10N2/c1-7-3-4-9-8(2)10-5-6-11(7)9/h3-6H,1-2H3. The molecule has 0 amide bonds. The first-order chi connectivity index (χ1) is 5.29. The van der Waals surface area contributed by atoms with Gasteiger partial charge >= 0.3 is 0 Å². The first-order valence-electron chi connectivity index (χ1n) is 3.68. The molecule has 0 aliphatic rings. The van der Waals surface area contributed by atoms with Crippen molar-refractivity contribution in [2.45, 2.75) is 13.8 Å². The number of aromatic nitrogens is 2. The first-order valence-corrected chi connectivity index (χ1v) is 3.68. The van der Waals surface area contributed by atoms with Gasteiger partial charge in [0.2, 0.25) is 0 Å². The van der Waals surface area contributed by atoms with Crippen molar-refractivity contribution in [2.24, 2.45) is 0 Å². The van der Waals surface area contributed by atoms with Crippen molar-refractivity contribution in [1.82, 2.24) is 9.38 Å². The summed E-state index contributed by atoms with van der Waals surface area (Å²) in [6, 6.07) is 4.20. The van der Waals surface area contributed by atoms with Crippen LogP contribution in [0.5, 0.6) is 0 Å². The van der Waals surface area contributed by atoms with E-state index in [4.69, 9.17) is 0 Å². The molecule has 2 aromatic heterocycles. The molecule has 2 nitrogen and oxygen atoms in total.